The van der Waals surface area contributed by atoms with Gasteiger partial charge in [0.15, 0.2) is 24.7 Å². The summed E-state index contributed by atoms with van der Waals surface area (Å²) in [6.45, 7) is 2.89. The van der Waals surface area contributed by atoms with Crippen LogP contribution in [-0.4, -0.2) is 5.78 Å². The van der Waals surface area contributed by atoms with Crippen molar-refractivity contribution in [3.05, 3.63) is 101 Å². The van der Waals surface area contributed by atoms with Gasteiger partial charge in [-0.25, -0.2) is 4.57 Å². The van der Waals surface area contributed by atoms with Crippen LogP contribution in [0.5, 0.6) is 0 Å². The lowest BCUT2D eigenvalue weighted by Gasteiger charge is -2.02. The molecule has 0 fully saturated rings. The first-order valence-corrected chi connectivity index (χ1v) is 7.37. The van der Waals surface area contributed by atoms with Crippen molar-refractivity contribution >= 4 is 5.78 Å². The van der Waals surface area contributed by atoms with Crippen molar-refractivity contribution in [2.24, 2.45) is 0 Å². The van der Waals surface area contributed by atoms with Crippen LogP contribution in [0, 0.1) is 6.92 Å². The number of pyridine rings is 1. The van der Waals surface area contributed by atoms with Crippen LogP contribution in [0.3, 0.4) is 0 Å². The Morgan fingerprint density at radius 2 is 1.41 bits per heavy atom. The van der Waals surface area contributed by atoms with Crippen molar-refractivity contribution in [3.8, 4) is 0 Å². The molecule has 0 radical (unpaired) electrons. The minimum Gasteiger partial charge on any atom is -0.289 e. The number of benzene rings is 2. The first kappa shape index (κ1) is 14.2. The molecule has 0 aliphatic carbocycles. The van der Waals surface area contributed by atoms with E-state index < -0.39 is 0 Å². The average Bonchev–Trinajstić information content (AvgIpc) is 2.58. The fourth-order valence-electron chi connectivity index (χ4n) is 2.37. The van der Waals surface area contributed by atoms with Crippen LogP contribution in [-0.2, 0) is 6.54 Å². The lowest BCUT2D eigenvalue weighted by Crippen LogP contribution is -2.33. The van der Waals surface area contributed by atoms with E-state index in [-0.39, 0.29) is 5.78 Å². The van der Waals surface area contributed by atoms with Crippen LogP contribution < -0.4 is 4.57 Å². The van der Waals surface area contributed by atoms with Crippen molar-refractivity contribution in [2.75, 3.05) is 0 Å². The lowest BCUT2D eigenvalue weighted by molar-refractivity contribution is -0.688. The van der Waals surface area contributed by atoms with Crippen molar-refractivity contribution in [1.29, 1.82) is 0 Å². The molecule has 3 aromatic rings. The highest BCUT2D eigenvalue weighted by molar-refractivity contribution is 6.08. The van der Waals surface area contributed by atoms with Gasteiger partial charge in [-0.1, -0.05) is 60.2 Å². The molecule has 0 aliphatic rings. The van der Waals surface area contributed by atoms with E-state index in [0.29, 0.717) is 5.56 Å². The van der Waals surface area contributed by atoms with Gasteiger partial charge in [-0.15, -0.1) is 0 Å². The fraction of sp³-hybridized carbons (Fsp3) is 0.100. The van der Waals surface area contributed by atoms with Crippen LogP contribution in [0.1, 0.15) is 27.0 Å². The molecule has 0 atom stereocenters. The van der Waals surface area contributed by atoms with Crippen LogP contribution in [0.25, 0.3) is 0 Å². The number of nitrogens with zero attached hydrogens (tertiary/aromatic N) is 1. The minimum atomic E-state index is 0.0584. The number of carbonyl (C=O) groups is 1. The quantitative estimate of drug-likeness (QED) is 0.531. The summed E-state index contributed by atoms with van der Waals surface area (Å²) in [4.78, 5) is 12.3. The largest absolute Gasteiger partial charge is 0.289 e. The van der Waals surface area contributed by atoms with Crippen LogP contribution in [0.2, 0.25) is 0 Å². The summed E-state index contributed by atoms with van der Waals surface area (Å²) in [7, 11) is 0. The Morgan fingerprint density at radius 3 is 2.05 bits per heavy atom. The summed E-state index contributed by atoms with van der Waals surface area (Å²) >= 11 is 0. The zero-order valence-corrected chi connectivity index (χ0v) is 12.6. The van der Waals surface area contributed by atoms with Gasteiger partial charge in [-0.2, -0.15) is 0 Å². The van der Waals surface area contributed by atoms with E-state index in [9.17, 15) is 4.79 Å². The van der Waals surface area contributed by atoms with Crippen LogP contribution in [0.15, 0.2) is 79.1 Å². The number of hydrogen-bond acceptors (Lipinski definition) is 1. The van der Waals surface area contributed by atoms with Crippen LogP contribution >= 0.6 is 0 Å². The third kappa shape index (κ3) is 3.29. The molecule has 0 aliphatic heterocycles. The van der Waals surface area contributed by atoms with Crippen molar-refractivity contribution in [1.82, 2.24) is 0 Å². The van der Waals surface area contributed by atoms with E-state index in [4.69, 9.17) is 0 Å². The normalized spacial score (nSPS) is 10.4. The molecule has 2 heteroatoms. The third-order valence-corrected chi connectivity index (χ3v) is 3.68. The minimum absolute atomic E-state index is 0.0584. The van der Waals surface area contributed by atoms with Gasteiger partial charge in [0.05, 0.1) is 0 Å². The number of aryl methyl sites for hydroxylation is 1. The summed E-state index contributed by atoms with van der Waals surface area (Å²) in [5, 5.41) is 0. The van der Waals surface area contributed by atoms with E-state index >= 15 is 0 Å². The molecule has 1 aromatic heterocycles. The zero-order chi connectivity index (χ0) is 15.4. The van der Waals surface area contributed by atoms with Crippen LogP contribution in [0.4, 0.5) is 0 Å². The molecular formula is C20H18NO+. The van der Waals surface area contributed by atoms with Gasteiger partial charge < -0.3 is 0 Å². The Bertz CT molecular complexity index is 759. The Morgan fingerprint density at radius 1 is 0.818 bits per heavy atom. The Kier molecular flexibility index (Phi) is 4.10. The van der Waals surface area contributed by atoms with Gasteiger partial charge in [0, 0.05) is 28.8 Å². The molecule has 0 amide bonds. The number of carbonyl (C=O) groups excluding carboxylic acids is 1. The lowest BCUT2D eigenvalue weighted by atomic mass is 10.0. The number of rotatable bonds is 4. The summed E-state index contributed by atoms with van der Waals surface area (Å²) in [5.41, 5.74) is 3.94. The molecule has 3 rings (SSSR count). The molecule has 108 valence electrons. The second-order valence-corrected chi connectivity index (χ2v) is 5.44. The molecule has 1 heterocycles. The second-order valence-electron chi connectivity index (χ2n) is 5.44. The van der Waals surface area contributed by atoms with E-state index in [1.807, 2.05) is 54.9 Å². The van der Waals surface area contributed by atoms with Gasteiger partial charge in [-0.05, 0) is 6.92 Å². The average molecular weight is 288 g/mol. The highest BCUT2D eigenvalue weighted by atomic mass is 16.1. The summed E-state index contributed by atoms with van der Waals surface area (Å²) in [6, 6.07) is 21.6. The van der Waals surface area contributed by atoms with Gasteiger partial charge in [-0.3, -0.25) is 4.79 Å². The molecule has 22 heavy (non-hydrogen) atoms. The topological polar surface area (TPSA) is 20.9 Å². The van der Waals surface area contributed by atoms with Gasteiger partial charge >= 0.3 is 0 Å². The van der Waals surface area contributed by atoms with E-state index in [1.54, 1.807) is 0 Å². The number of hydrogen-bond donors (Lipinski definition) is 0. The highest BCUT2D eigenvalue weighted by Crippen LogP contribution is 2.08. The standard InChI is InChI=1S/C20H18NO/c1-16-7-9-17(10-8-16)15-21-13-11-19(12-14-21)20(22)18-5-3-2-4-6-18/h2-14H,15H2,1H3/q+1. The predicted molar refractivity (Wildman–Crippen MR) is 86.8 cm³/mol. The molecule has 2 aromatic carbocycles. The maximum atomic E-state index is 12.3. The van der Waals surface area contributed by atoms with Crippen molar-refractivity contribution in [2.45, 2.75) is 13.5 Å². The van der Waals surface area contributed by atoms with Gasteiger partial charge in [0.25, 0.3) is 0 Å². The van der Waals surface area contributed by atoms with E-state index in [0.717, 1.165) is 12.1 Å². The first-order valence-electron chi connectivity index (χ1n) is 7.37. The maximum absolute atomic E-state index is 12.3. The maximum Gasteiger partial charge on any atom is 0.193 e. The number of aromatic nitrogens is 1. The molecule has 2 nitrogen and oxygen atoms in total. The first-order chi connectivity index (χ1) is 10.7. The van der Waals surface area contributed by atoms with Crippen molar-refractivity contribution < 1.29 is 9.36 Å². The third-order valence-electron chi connectivity index (χ3n) is 3.68. The van der Waals surface area contributed by atoms with E-state index in [2.05, 4.69) is 35.8 Å². The number of ketones is 1. The summed E-state index contributed by atoms with van der Waals surface area (Å²) in [5.74, 6) is 0.0584. The van der Waals surface area contributed by atoms with Gasteiger partial charge in [0.2, 0.25) is 0 Å². The van der Waals surface area contributed by atoms with Crippen molar-refractivity contribution in [3.63, 3.8) is 0 Å². The second kappa shape index (κ2) is 6.35. The smallest absolute Gasteiger partial charge is 0.193 e. The molecule has 0 bridgehead atoms. The SMILES string of the molecule is Cc1ccc(C[n+]2ccc(C(=O)c3ccccc3)cc2)cc1. The monoisotopic (exact) mass is 288 g/mol. The molecular weight excluding hydrogens is 270 g/mol. The predicted octanol–water partition coefficient (Wildman–Crippen LogP) is 3.56. The Labute approximate surface area is 130 Å². The fourth-order valence-corrected chi connectivity index (χ4v) is 2.37. The molecule has 0 saturated carbocycles. The molecule has 0 spiro atoms. The Balaban J connectivity index is 1.75. The molecule has 0 unspecified atom stereocenters. The highest BCUT2D eigenvalue weighted by Gasteiger charge is 2.10. The van der Waals surface area contributed by atoms with Gasteiger partial charge in [0.1, 0.15) is 0 Å². The summed E-state index contributed by atoms with van der Waals surface area (Å²) < 4.78 is 2.08. The van der Waals surface area contributed by atoms with E-state index in [1.165, 1.54) is 11.1 Å². The molecule has 0 N–H and O–H groups in total. The Hall–Kier alpha value is -2.74. The zero-order valence-electron chi connectivity index (χ0n) is 12.6. The summed E-state index contributed by atoms with van der Waals surface area (Å²) in [6.07, 6.45) is 3.91. The molecule has 0 saturated heterocycles.